The molecule has 0 aliphatic heterocycles. The summed E-state index contributed by atoms with van der Waals surface area (Å²) < 4.78 is 41.3. The molecule has 0 bridgehead atoms. The summed E-state index contributed by atoms with van der Waals surface area (Å²) in [5, 5.41) is 4.16. The Morgan fingerprint density at radius 3 is 2.32 bits per heavy atom. The van der Waals surface area contributed by atoms with E-state index in [-0.39, 0.29) is 11.6 Å². The Kier molecular flexibility index (Phi) is 5.25. The third-order valence-corrected chi connectivity index (χ3v) is 5.07. The van der Waals surface area contributed by atoms with E-state index in [1.54, 1.807) is 10.9 Å². The van der Waals surface area contributed by atoms with E-state index in [0.29, 0.717) is 18.5 Å². The molecule has 0 aliphatic carbocycles. The van der Waals surface area contributed by atoms with E-state index in [2.05, 4.69) is 9.82 Å². The maximum atomic E-state index is 12.9. The number of halogens is 1. The van der Waals surface area contributed by atoms with Crippen molar-refractivity contribution in [3.05, 3.63) is 83.9 Å². The third kappa shape index (κ3) is 4.98. The van der Waals surface area contributed by atoms with Crippen LogP contribution < -0.4 is 4.72 Å². The molecule has 3 aromatic rings. The van der Waals surface area contributed by atoms with E-state index in [0.717, 1.165) is 11.3 Å². The summed E-state index contributed by atoms with van der Waals surface area (Å²) in [4.78, 5) is 0. The van der Waals surface area contributed by atoms with Gasteiger partial charge in [-0.05, 0) is 47.9 Å². The number of rotatable bonds is 7. The van der Waals surface area contributed by atoms with Gasteiger partial charge in [-0.25, -0.2) is 22.2 Å². The van der Waals surface area contributed by atoms with Crippen LogP contribution in [0.3, 0.4) is 0 Å². The first-order valence-corrected chi connectivity index (χ1v) is 9.48. The minimum Gasteiger partial charge on any atom is -0.241 e. The molecular formula is C18H18FN3O2S. The topological polar surface area (TPSA) is 64.0 Å². The van der Waals surface area contributed by atoms with Gasteiger partial charge < -0.3 is 0 Å². The summed E-state index contributed by atoms with van der Waals surface area (Å²) in [7, 11) is -3.45. The van der Waals surface area contributed by atoms with Gasteiger partial charge in [-0.15, -0.1) is 0 Å². The minimum atomic E-state index is -3.45. The van der Waals surface area contributed by atoms with Crippen LogP contribution in [0.4, 0.5) is 4.39 Å². The molecule has 0 atom stereocenters. The van der Waals surface area contributed by atoms with Crippen molar-refractivity contribution < 1.29 is 12.8 Å². The molecule has 5 nitrogen and oxygen atoms in total. The van der Waals surface area contributed by atoms with Crippen molar-refractivity contribution in [1.82, 2.24) is 14.5 Å². The molecule has 1 N–H and O–H groups in total. The van der Waals surface area contributed by atoms with Crippen LogP contribution in [0.25, 0.3) is 5.69 Å². The number of hydrogen-bond acceptors (Lipinski definition) is 3. The predicted octanol–water partition coefficient (Wildman–Crippen LogP) is 2.67. The highest BCUT2D eigenvalue weighted by Crippen LogP contribution is 2.10. The van der Waals surface area contributed by atoms with Crippen LogP contribution >= 0.6 is 0 Å². The van der Waals surface area contributed by atoms with Crippen LogP contribution in [-0.4, -0.2) is 24.7 Å². The summed E-state index contributed by atoms with van der Waals surface area (Å²) in [6, 6.07) is 15.1. The first kappa shape index (κ1) is 17.3. The maximum Gasteiger partial charge on any atom is 0.215 e. The fourth-order valence-corrected chi connectivity index (χ4v) is 3.59. The molecule has 0 aliphatic rings. The van der Waals surface area contributed by atoms with Gasteiger partial charge in [0.25, 0.3) is 0 Å². The van der Waals surface area contributed by atoms with E-state index in [9.17, 15) is 12.8 Å². The Hall–Kier alpha value is -2.51. The molecule has 1 aromatic heterocycles. The molecular weight excluding hydrogens is 341 g/mol. The van der Waals surface area contributed by atoms with Crippen molar-refractivity contribution in [1.29, 1.82) is 0 Å². The molecule has 0 saturated heterocycles. The average Bonchev–Trinajstić information content (AvgIpc) is 3.12. The average molecular weight is 359 g/mol. The summed E-state index contributed by atoms with van der Waals surface area (Å²) in [6.45, 7) is 0.310. The second-order valence-corrected chi connectivity index (χ2v) is 7.45. The first-order chi connectivity index (χ1) is 12.0. The monoisotopic (exact) mass is 359 g/mol. The predicted molar refractivity (Wildman–Crippen MR) is 94.3 cm³/mol. The molecule has 0 saturated carbocycles. The van der Waals surface area contributed by atoms with Gasteiger partial charge in [0.15, 0.2) is 0 Å². The minimum absolute atomic E-state index is 0.161. The number of nitrogens with zero attached hydrogens (tertiary/aromatic N) is 2. The lowest BCUT2D eigenvalue weighted by molar-refractivity contribution is 0.580. The molecule has 0 unspecified atom stereocenters. The van der Waals surface area contributed by atoms with Crippen LogP contribution in [0.2, 0.25) is 0 Å². The zero-order valence-corrected chi connectivity index (χ0v) is 14.3. The second-order valence-electron chi connectivity index (χ2n) is 5.65. The quantitative estimate of drug-likeness (QED) is 0.705. The third-order valence-electron chi connectivity index (χ3n) is 3.71. The van der Waals surface area contributed by atoms with E-state index in [1.165, 1.54) is 24.3 Å². The molecule has 1 heterocycles. The van der Waals surface area contributed by atoms with Gasteiger partial charge in [-0.3, -0.25) is 0 Å². The van der Waals surface area contributed by atoms with Crippen LogP contribution in [0.15, 0.2) is 67.0 Å². The number of hydrogen-bond donors (Lipinski definition) is 1. The zero-order chi connectivity index (χ0) is 17.7. The van der Waals surface area contributed by atoms with Crippen LogP contribution in [0.5, 0.6) is 0 Å². The highest BCUT2D eigenvalue weighted by atomic mass is 32.2. The first-order valence-electron chi connectivity index (χ1n) is 7.83. The van der Waals surface area contributed by atoms with Crippen molar-refractivity contribution in [2.45, 2.75) is 12.2 Å². The fourth-order valence-electron chi connectivity index (χ4n) is 2.44. The Bertz CT molecular complexity index is 906. The van der Waals surface area contributed by atoms with Gasteiger partial charge in [0.2, 0.25) is 10.0 Å². The number of nitrogens with one attached hydrogen (secondary N) is 1. The molecule has 2 aromatic carbocycles. The lowest BCUT2D eigenvalue weighted by Crippen LogP contribution is -2.27. The van der Waals surface area contributed by atoms with Gasteiger partial charge in [-0.2, -0.15) is 5.10 Å². The van der Waals surface area contributed by atoms with Crippen molar-refractivity contribution in [2.75, 3.05) is 6.54 Å². The number of benzene rings is 2. The molecule has 0 spiro atoms. The largest absolute Gasteiger partial charge is 0.241 e. The summed E-state index contributed by atoms with van der Waals surface area (Å²) in [5.74, 6) is -0.543. The second kappa shape index (κ2) is 7.58. The van der Waals surface area contributed by atoms with E-state index < -0.39 is 10.0 Å². The van der Waals surface area contributed by atoms with Gasteiger partial charge >= 0.3 is 0 Å². The SMILES string of the molecule is O=S(=O)(Cc1ccc(F)cc1)NCCc1ccc(-n2cccn2)cc1. The van der Waals surface area contributed by atoms with Crippen LogP contribution in [-0.2, 0) is 22.2 Å². The Morgan fingerprint density at radius 1 is 1.00 bits per heavy atom. The molecule has 0 radical (unpaired) electrons. The maximum absolute atomic E-state index is 12.9. The smallest absolute Gasteiger partial charge is 0.215 e. The Balaban J connectivity index is 1.52. The van der Waals surface area contributed by atoms with Crippen molar-refractivity contribution in [3.8, 4) is 5.69 Å². The van der Waals surface area contributed by atoms with Crippen molar-refractivity contribution in [2.24, 2.45) is 0 Å². The highest BCUT2D eigenvalue weighted by Gasteiger charge is 2.11. The normalized spacial score (nSPS) is 11.6. The molecule has 130 valence electrons. The van der Waals surface area contributed by atoms with Crippen molar-refractivity contribution in [3.63, 3.8) is 0 Å². The van der Waals surface area contributed by atoms with Crippen LogP contribution in [0.1, 0.15) is 11.1 Å². The van der Waals surface area contributed by atoms with E-state index in [4.69, 9.17) is 0 Å². The lowest BCUT2D eigenvalue weighted by atomic mass is 10.1. The van der Waals surface area contributed by atoms with Gasteiger partial charge in [0.05, 0.1) is 11.4 Å². The highest BCUT2D eigenvalue weighted by molar-refractivity contribution is 7.88. The van der Waals surface area contributed by atoms with E-state index in [1.807, 2.05) is 36.5 Å². The summed E-state index contributed by atoms with van der Waals surface area (Å²) >= 11 is 0. The Labute approximate surface area is 146 Å². The lowest BCUT2D eigenvalue weighted by Gasteiger charge is -2.08. The van der Waals surface area contributed by atoms with Crippen LogP contribution in [0, 0.1) is 5.82 Å². The molecule has 0 amide bonds. The van der Waals surface area contributed by atoms with E-state index >= 15 is 0 Å². The zero-order valence-electron chi connectivity index (χ0n) is 13.5. The fraction of sp³-hybridized carbons (Fsp3) is 0.167. The number of sulfonamides is 1. The van der Waals surface area contributed by atoms with Gasteiger partial charge in [0.1, 0.15) is 5.82 Å². The summed E-state index contributed by atoms with van der Waals surface area (Å²) in [6.07, 6.45) is 4.16. The standard InChI is InChI=1S/C18H18FN3O2S/c19-17-6-2-16(3-7-17)14-25(23,24)21-12-10-15-4-8-18(9-5-15)22-13-1-11-20-22/h1-9,11,13,21H,10,12,14H2. The molecule has 7 heteroatoms. The van der Waals surface area contributed by atoms with Gasteiger partial charge in [-0.1, -0.05) is 24.3 Å². The van der Waals surface area contributed by atoms with Gasteiger partial charge in [0, 0.05) is 18.9 Å². The molecule has 25 heavy (non-hydrogen) atoms. The number of aromatic nitrogens is 2. The Morgan fingerprint density at radius 2 is 1.68 bits per heavy atom. The molecule has 3 rings (SSSR count). The summed E-state index contributed by atoms with van der Waals surface area (Å²) in [5.41, 5.74) is 2.53. The van der Waals surface area contributed by atoms with Crippen molar-refractivity contribution >= 4 is 10.0 Å². The molecule has 0 fully saturated rings.